The number of rotatable bonds is 7. The molecule has 1 aromatic rings. The molecule has 2 rings (SSSR count). The first-order valence-corrected chi connectivity index (χ1v) is 9.40. The summed E-state index contributed by atoms with van der Waals surface area (Å²) in [4.78, 5) is 22.8. The van der Waals surface area contributed by atoms with E-state index in [2.05, 4.69) is 44.7 Å². The molecule has 1 amide bonds. The van der Waals surface area contributed by atoms with Gasteiger partial charge in [-0.2, -0.15) is 0 Å². The van der Waals surface area contributed by atoms with Crippen molar-refractivity contribution in [2.45, 2.75) is 32.7 Å². The number of ether oxygens (including phenoxy) is 1. The number of nitrogens with one attached hydrogen (secondary N) is 3. The molecule has 0 bridgehead atoms. The molecule has 1 aliphatic rings. The summed E-state index contributed by atoms with van der Waals surface area (Å²) in [7, 11) is 1.73. The van der Waals surface area contributed by atoms with Crippen molar-refractivity contribution in [1.29, 1.82) is 0 Å². The number of amides is 1. The molecule has 3 N–H and O–H groups in total. The molecule has 150 valence electrons. The molecule has 1 saturated heterocycles. The Bertz CT molecular complexity index is 624. The SMILES string of the molecule is CN=C(NCCC(=O)Nc1ccc(C)cn1)NCC(C)(C)N1CCOCC1. The molecule has 0 unspecified atom stereocenters. The van der Waals surface area contributed by atoms with E-state index in [0.29, 0.717) is 24.7 Å². The summed E-state index contributed by atoms with van der Waals surface area (Å²) in [5, 5.41) is 9.33. The number of morpholine rings is 1. The molecule has 0 aromatic carbocycles. The largest absolute Gasteiger partial charge is 0.379 e. The summed E-state index contributed by atoms with van der Waals surface area (Å²) in [5.41, 5.74) is 1.06. The summed E-state index contributed by atoms with van der Waals surface area (Å²) in [6, 6.07) is 3.72. The van der Waals surface area contributed by atoms with Crippen molar-refractivity contribution >= 4 is 17.7 Å². The Morgan fingerprint density at radius 3 is 2.67 bits per heavy atom. The van der Waals surface area contributed by atoms with Crippen LogP contribution in [0.3, 0.4) is 0 Å². The summed E-state index contributed by atoms with van der Waals surface area (Å²) in [6.45, 7) is 11.1. The van der Waals surface area contributed by atoms with E-state index in [1.165, 1.54) is 0 Å². The lowest BCUT2D eigenvalue weighted by molar-refractivity contribution is -0.116. The summed E-state index contributed by atoms with van der Waals surface area (Å²) in [6.07, 6.45) is 2.07. The van der Waals surface area contributed by atoms with Crippen LogP contribution in [0.5, 0.6) is 0 Å². The predicted molar refractivity (Wildman–Crippen MR) is 108 cm³/mol. The topological polar surface area (TPSA) is 90.9 Å². The summed E-state index contributed by atoms with van der Waals surface area (Å²) in [5.74, 6) is 1.18. The Morgan fingerprint density at radius 1 is 1.30 bits per heavy atom. The van der Waals surface area contributed by atoms with Gasteiger partial charge < -0.3 is 20.7 Å². The molecule has 1 fully saturated rings. The lowest BCUT2D eigenvalue weighted by Crippen LogP contribution is -2.56. The van der Waals surface area contributed by atoms with Crippen LogP contribution in [0.4, 0.5) is 5.82 Å². The number of nitrogens with zero attached hydrogens (tertiary/aromatic N) is 3. The van der Waals surface area contributed by atoms with Gasteiger partial charge in [0, 0.05) is 51.4 Å². The number of aromatic nitrogens is 1. The first-order chi connectivity index (χ1) is 12.9. The van der Waals surface area contributed by atoms with E-state index in [1.807, 2.05) is 13.0 Å². The lowest BCUT2D eigenvalue weighted by atomic mass is 10.0. The van der Waals surface area contributed by atoms with Crippen LogP contribution in [0.15, 0.2) is 23.3 Å². The number of aliphatic imine (C=N–C) groups is 1. The second-order valence-corrected chi connectivity index (χ2v) is 7.28. The highest BCUT2D eigenvalue weighted by Gasteiger charge is 2.28. The molecule has 27 heavy (non-hydrogen) atoms. The van der Waals surface area contributed by atoms with Crippen LogP contribution in [0.25, 0.3) is 0 Å². The number of guanidine groups is 1. The zero-order chi connectivity index (χ0) is 19.7. The van der Waals surface area contributed by atoms with Gasteiger partial charge in [-0.05, 0) is 32.4 Å². The number of hydrogen-bond acceptors (Lipinski definition) is 5. The average molecular weight is 377 g/mol. The number of aryl methyl sites for hydroxylation is 1. The van der Waals surface area contributed by atoms with E-state index in [9.17, 15) is 4.79 Å². The zero-order valence-corrected chi connectivity index (χ0v) is 16.8. The zero-order valence-electron chi connectivity index (χ0n) is 16.8. The second kappa shape index (κ2) is 10.2. The van der Waals surface area contributed by atoms with Crippen LogP contribution in [-0.4, -0.2) is 73.7 Å². The van der Waals surface area contributed by atoms with Gasteiger partial charge in [0.1, 0.15) is 5.82 Å². The van der Waals surface area contributed by atoms with E-state index in [1.54, 1.807) is 19.3 Å². The van der Waals surface area contributed by atoms with Crippen LogP contribution < -0.4 is 16.0 Å². The predicted octanol–water partition coefficient (Wildman–Crippen LogP) is 0.994. The second-order valence-electron chi connectivity index (χ2n) is 7.28. The number of anilines is 1. The Labute approximate surface area is 161 Å². The number of pyridine rings is 1. The van der Waals surface area contributed by atoms with E-state index in [0.717, 1.165) is 38.4 Å². The molecule has 0 atom stereocenters. The van der Waals surface area contributed by atoms with Gasteiger partial charge in [0.25, 0.3) is 0 Å². The third kappa shape index (κ3) is 7.15. The molecule has 2 heterocycles. The normalized spacial score (nSPS) is 16.1. The van der Waals surface area contributed by atoms with Crippen molar-refractivity contribution in [3.05, 3.63) is 23.9 Å². The average Bonchev–Trinajstić information content (AvgIpc) is 2.67. The van der Waals surface area contributed by atoms with Crippen molar-refractivity contribution in [3.8, 4) is 0 Å². The maximum Gasteiger partial charge on any atom is 0.227 e. The summed E-state index contributed by atoms with van der Waals surface area (Å²) >= 11 is 0. The Balaban J connectivity index is 1.70. The van der Waals surface area contributed by atoms with Crippen molar-refractivity contribution in [3.63, 3.8) is 0 Å². The van der Waals surface area contributed by atoms with Gasteiger partial charge in [0.2, 0.25) is 5.91 Å². The molecule has 1 aromatic heterocycles. The minimum absolute atomic E-state index is 0.00408. The van der Waals surface area contributed by atoms with Crippen LogP contribution in [-0.2, 0) is 9.53 Å². The molecular formula is C19H32N6O2. The number of carbonyl (C=O) groups excluding carboxylic acids is 1. The Morgan fingerprint density at radius 2 is 2.04 bits per heavy atom. The molecule has 0 aliphatic carbocycles. The van der Waals surface area contributed by atoms with E-state index < -0.39 is 0 Å². The molecule has 8 heteroatoms. The maximum atomic E-state index is 12.0. The molecule has 0 saturated carbocycles. The van der Waals surface area contributed by atoms with Gasteiger partial charge in [-0.25, -0.2) is 4.98 Å². The van der Waals surface area contributed by atoms with Crippen molar-refractivity contribution in [2.24, 2.45) is 4.99 Å². The first-order valence-electron chi connectivity index (χ1n) is 9.40. The van der Waals surface area contributed by atoms with Crippen LogP contribution >= 0.6 is 0 Å². The van der Waals surface area contributed by atoms with Gasteiger partial charge >= 0.3 is 0 Å². The third-order valence-electron chi connectivity index (χ3n) is 4.60. The highest BCUT2D eigenvalue weighted by Crippen LogP contribution is 2.14. The van der Waals surface area contributed by atoms with Crippen LogP contribution in [0.1, 0.15) is 25.8 Å². The molecule has 0 spiro atoms. The van der Waals surface area contributed by atoms with Gasteiger partial charge in [-0.3, -0.25) is 14.7 Å². The fourth-order valence-corrected chi connectivity index (χ4v) is 2.84. The fraction of sp³-hybridized carbons (Fsp3) is 0.632. The molecule has 8 nitrogen and oxygen atoms in total. The van der Waals surface area contributed by atoms with Gasteiger partial charge in [-0.1, -0.05) is 6.07 Å². The smallest absolute Gasteiger partial charge is 0.227 e. The number of carbonyl (C=O) groups is 1. The minimum Gasteiger partial charge on any atom is -0.379 e. The first kappa shape index (κ1) is 21.1. The molecule has 0 radical (unpaired) electrons. The Hall–Kier alpha value is -2.19. The van der Waals surface area contributed by atoms with Crippen molar-refractivity contribution < 1.29 is 9.53 Å². The van der Waals surface area contributed by atoms with Gasteiger partial charge in [0.05, 0.1) is 13.2 Å². The highest BCUT2D eigenvalue weighted by atomic mass is 16.5. The quantitative estimate of drug-likeness (QED) is 0.486. The van der Waals surface area contributed by atoms with Crippen LogP contribution in [0.2, 0.25) is 0 Å². The summed E-state index contributed by atoms with van der Waals surface area (Å²) < 4.78 is 5.43. The maximum absolute atomic E-state index is 12.0. The monoisotopic (exact) mass is 376 g/mol. The standard InChI is InChI=1S/C19H32N6O2/c1-15-5-6-16(22-13-15)24-17(26)7-8-21-18(20-4)23-14-19(2,3)25-9-11-27-12-10-25/h5-6,13H,7-12,14H2,1-4H3,(H2,20,21,23)(H,22,24,26). The fourth-order valence-electron chi connectivity index (χ4n) is 2.84. The minimum atomic E-state index is -0.0806. The molecular weight excluding hydrogens is 344 g/mol. The van der Waals surface area contributed by atoms with Gasteiger partial charge in [0.15, 0.2) is 5.96 Å². The van der Waals surface area contributed by atoms with E-state index >= 15 is 0 Å². The third-order valence-corrected chi connectivity index (χ3v) is 4.60. The van der Waals surface area contributed by atoms with E-state index in [4.69, 9.17) is 4.74 Å². The molecule has 1 aliphatic heterocycles. The van der Waals surface area contributed by atoms with Gasteiger partial charge in [-0.15, -0.1) is 0 Å². The number of hydrogen-bond donors (Lipinski definition) is 3. The Kier molecular flexibility index (Phi) is 7.99. The lowest BCUT2D eigenvalue weighted by Gasteiger charge is -2.41. The van der Waals surface area contributed by atoms with E-state index in [-0.39, 0.29) is 11.4 Å². The van der Waals surface area contributed by atoms with Crippen LogP contribution in [0, 0.1) is 6.92 Å². The highest BCUT2D eigenvalue weighted by molar-refractivity contribution is 5.90. The van der Waals surface area contributed by atoms with Crippen molar-refractivity contribution in [2.75, 3.05) is 51.8 Å². The van der Waals surface area contributed by atoms with Crippen molar-refractivity contribution in [1.82, 2.24) is 20.5 Å².